The molecule has 1 atom stereocenters. The van der Waals surface area contributed by atoms with Crippen molar-refractivity contribution in [1.29, 1.82) is 0 Å². The van der Waals surface area contributed by atoms with E-state index >= 15 is 0 Å². The molecule has 1 aromatic rings. The summed E-state index contributed by atoms with van der Waals surface area (Å²) in [7, 11) is 0. The lowest BCUT2D eigenvalue weighted by atomic mass is 9.91. The first-order valence-corrected chi connectivity index (χ1v) is 5.76. The van der Waals surface area contributed by atoms with Crippen molar-refractivity contribution >= 4 is 0 Å². The topological polar surface area (TPSA) is 64.9 Å². The Morgan fingerprint density at radius 1 is 1.25 bits per heavy atom. The molecule has 0 aliphatic rings. The fourth-order valence-electron chi connectivity index (χ4n) is 1.70. The molecule has 0 aliphatic carbocycles. The van der Waals surface area contributed by atoms with E-state index in [4.69, 9.17) is 10.3 Å². The van der Waals surface area contributed by atoms with Crippen molar-refractivity contribution < 1.29 is 4.52 Å². The summed E-state index contributed by atoms with van der Waals surface area (Å²) in [6, 6.07) is 0. The van der Waals surface area contributed by atoms with Crippen molar-refractivity contribution in [2.24, 2.45) is 11.7 Å². The molecule has 4 heteroatoms. The minimum absolute atomic E-state index is 0.126. The molecule has 0 aromatic carbocycles. The molecule has 0 saturated heterocycles. The van der Waals surface area contributed by atoms with Crippen LogP contribution in [0.5, 0.6) is 0 Å². The van der Waals surface area contributed by atoms with Gasteiger partial charge in [0.2, 0.25) is 5.89 Å². The maximum Gasteiger partial charge on any atom is 0.232 e. The summed E-state index contributed by atoms with van der Waals surface area (Å²) in [6.07, 6.45) is 0.843. The molecular formula is C12H23N3O. The Kier molecular flexibility index (Phi) is 3.43. The van der Waals surface area contributed by atoms with Gasteiger partial charge < -0.3 is 10.3 Å². The smallest absolute Gasteiger partial charge is 0.232 e. The van der Waals surface area contributed by atoms with E-state index in [1.54, 1.807) is 0 Å². The fraction of sp³-hybridized carbons (Fsp3) is 0.833. The van der Waals surface area contributed by atoms with Crippen molar-refractivity contribution in [2.45, 2.75) is 58.9 Å². The lowest BCUT2D eigenvalue weighted by Crippen LogP contribution is -2.36. The molecular weight excluding hydrogens is 202 g/mol. The Bertz CT molecular complexity index is 347. The van der Waals surface area contributed by atoms with Crippen molar-refractivity contribution in [3.8, 4) is 0 Å². The number of rotatable bonds is 3. The zero-order chi connectivity index (χ0) is 12.6. The first-order valence-electron chi connectivity index (χ1n) is 5.76. The van der Waals surface area contributed by atoms with Gasteiger partial charge in [0.05, 0.1) is 5.54 Å². The highest BCUT2D eigenvalue weighted by molar-refractivity contribution is 5.05. The van der Waals surface area contributed by atoms with Gasteiger partial charge in [-0.1, -0.05) is 39.8 Å². The average molecular weight is 225 g/mol. The van der Waals surface area contributed by atoms with Crippen LogP contribution in [0.3, 0.4) is 0 Å². The molecule has 0 aliphatic heterocycles. The summed E-state index contributed by atoms with van der Waals surface area (Å²) >= 11 is 0. The van der Waals surface area contributed by atoms with Crippen molar-refractivity contribution in [3.63, 3.8) is 0 Å². The molecule has 4 nitrogen and oxygen atoms in total. The molecule has 1 unspecified atom stereocenters. The van der Waals surface area contributed by atoms with Gasteiger partial charge in [0.1, 0.15) is 0 Å². The highest BCUT2D eigenvalue weighted by Crippen LogP contribution is 2.26. The van der Waals surface area contributed by atoms with Gasteiger partial charge in [0.25, 0.3) is 0 Å². The number of hydrogen-bond acceptors (Lipinski definition) is 4. The summed E-state index contributed by atoms with van der Waals surface area (Å²) in [4.78, 5) is 4.40. The monoisotopic (exact) mass is 225 g/mol. The molecule has 1 rings (SSSR count). The van der Waals surface area contributed by atoms with Crippen LogP contribution < -0.4 is 5.73 Å². The second kappa shape index (κ2) is 4.17. The summed E-state index contributed by atoms with van der Waals surface area (Å²) < 4.78 is 5.26. The van der Waals surface area contributed by atoms with Crippen LogP contribution in [0.25, 0.3) is 0 Å². The van der Waals surface area contributed by atoms with E-state index in [0.717, 1.165) is 6.42 Å². The van der Waals surface area contributed by atoms with E-state index in [1.807, 2.05) is 27.7 Å². The van der Waals surface area contributed by atoms with E-state index in [0.29, 0.717) is 17.6 Å². The van der Waals surface area contributed by atoms with Gasteiger partial charge in [-0.25, -0.2) is 0 Å². The molecule has 0 amide bonds. The maximum absolute atomic E-state index is 6.21. The highest BCUT2D eigenvalue weighted by atomic mass is 16.5. The van der Waals surface area contributed by atoms with Gasteiger partial charge in [0.15, 0.2) is 5.82 Å². The van der Waals surface area contributed by atoms with Gasteiger partial charge in [-0.3, -0.25) is 0 Å². The zero-order valence-electron chi connectivity index (χ0n) is 11.2. The van der Waals surface area contributed by atoms with Gasteiger partial charge in [0, 0.05) is 5.41 Å². The third-order valence-electron chi connectivity index (χ3n) is 2.41. The highest BCUT2D eigenvalue weighted by Gasteiger charge is 2.31. The molecule has 0 fully saturated rings. The standard InChI is InChI=1S/C12H23N3O/c1-8(2)7-12(6,13)9-14-10(16-15-9)11(3,4)5/h8H,7,13H2,1-6H3. The molecule has 1 heterocycles. The van der Waals surface area contributed by atoms with E-state index < -0.39 is 5.54 Å². The first-order chi connectivity index (χ1) is 7.13. The van der Waals surface area contributed by atoms with E-state index in [2.05, 4.69) is 24.0 Å². The number of nitrogens with zero attached hydrogens (tertiary/aromatic N) is 2. The van der Waals surface area contributed by atoms with Gasteiger partial charge in [-0.2, -0.15) is 4.98 Å². The Labute approximate surface area is 97.6 Å². The minimum Gasteiger partial charge on any atom is -0.339 e. The van der Waals surface area contributed by atoms with Crippen LogP contribution in [-0.2, 0) is 11.0 Å². The van der Waals surface area contributed by atoms with Crippen LogP contribution in [0.2, 0.25) is 0 Å². The summed E-state index contributed by atoms with van der Waals surface area (Å²) in [5.41, 5.74) is 5.57. The second-order valence-electron chi connectivity index (χ2n) is 6.19. The lowest BCUT2D eigenvalue weighted by Gasteiger charge is -2.22. The third kappa shape index (κ3) is 3.04. The van der Waals surface area contributed by atoms with Crippen LogP contribution in [0, 0.1) is 5.92 Å². The zero-order valence-corrected chi connectivity index (χ0v) is 11.2. The van der Waals surface area contributed by atoms with Gasteiger partial charge in [-0.15, -0.1) is 0 Å². The van der Waals surface area contributed by atoms with Crippen LogP contribution in [0.15, 0.2) is 4.52 Å². The fourth-order valence-corrected chi connectivity index (χ4v) is 1.70. The number of hydrogen-bond donors (Lipinski definition) is 1. The van der Waals surface area contributed by atoms with Crippen molar-refractivity contribution in [1.82, 2.24) is 10.1 Å². The molecule has 92 valence electrons. The maximum atomic E-state index is 6.21. The van der Waals surface area contributed by atoms with Crippen LogP contribution >= 0.6 is 0 Å². The van der Waals surface area contributed by atoms with E-state index in [-0.39, 0.29) is 5.41 Å². The average Bonchev–Trinajstić information content (AvgIpc) is 2.47. The second-order valence-corrected chi connectivity index (χ2v) is 6.19. The molecule has 2 N–H and O–H groups in total. The van der Waals surface area contributed by atoms with Gasteiger partial charge >= 0.3 is 0 Å². The molecule has 0 radical (unpaired) electrons. The molecule has 0 spiro atoms. The minimum atomic E-state index is -0.513. The predicted molar refractivity (Wildman–Crippen MR) is 64.0 cm³/mol. The largest absolute Gasteiger partial charge is 0.339 e. The number of aromatic nitrogens is 2. The summed E-state index contributed by atoms with van der Waals surface area (Å²) in [5.74, 6) is 1.75. The SMILES string of the molecule is CC(C)CC(C)(N)c1noc(C(C)(C)C)n1. The predicted octanol–water partition coefficient (Wildman–Crippen LogP) is 2.59. The third-order valence-corrected chi connectivity index (χ3v) is 2.41. The Morgan fingerprint density at radius 3 is 2.19 bits per heavy atom. The number of nitrogens with two attached hydrogens (primary N) is 1. The van der Waals surface area contributed by atoms with E-state index in [1.165, 1.54) is 0 Å². The first kappa shape index (κ1) is 13.2. The van der Waals surface area contributed by atoms with Crippen LogP contribution in [0.1, 0.15) is 59.7 Å². The molecule has 16 heavy (non-hydrogen) atoms. The summed E-state index contributed by atoms with van der Waals surface area (Å²) in [6.45, 7) is 12.3. The Balaban J connectivity index is 2.93. The normalized spacial score (nSPS) is 16.5. The van der Waals surface area contributed by atoms with Crippen molar-refractivity contribution in [2.75, 3.05) is 0 Å². The molecule has 0 bridgehead atoms. The van der Waals surface area contributed by atoms with Crippen molar-refractivity contribution in [3.05, 3.63) is 11.7 Å². The Hall–Kier alpha value is -0.900. The lowest BCUT2D eigenvalue weighted by molar-refractivity contribution is 0.303. The summed E-state index contributed by atoms with van der Waals surface area (Å²) in [5, 5.41) is 4.00. The van der Waals surface area contributed by atoms with Crippen LogP contribution in [-0.4, -0.2) is 10.1 Å². The van der Waals surface area contributed by atoms with Gasteiger partial charge in [-0.05, 0) is 19.3 Å². The van der Waals surface area contributed by atoms with Crippen LogP contribution in [0.4, 0.5) is 0 Å². The quantitative estimate of drug-likeness (QED) is 0.858. The van der Waals surface area contributed by atoms with E-state index in [9.17, 15) is 0 Å². The molecule has 1 aromatic heterocycles. The Morgan fingerprint density at radius 2 is 1.81 bits per heavy atom. The molecule has 0 saturated carbocycles.